The monoisotopic (exact) mass is 638 g/mol. The third kappa shape index (κ3) is 10.3. The Balaban J connectivity index is 1.41. The number of hydrogen-bond donors (Lipinski definition) is 2. The van der Waals surface area contributed by atoms with E-state index in [4.69, 9.17) is 10.7 Å². The van der Waals surface area contributed by atoms with E-state index in [0.29, 0.717) is 22.0 Å². The van der Waals surface area contributed by atoms with Gasteiger partial charge in [-0.25, -0.2) is 23.8 Å². The standard InChI is InChI=1S/C32H27F5N6OS/c1-20-4-3-5-21(2)29(20)42-31(45-18-24-10-11-25(33)16-28(24)34)43-41-17-22-6-8-23(9-7-22)30(38)40-19-39-26-12-14-27(15-13-26)44-32(35,36)37/h3-17,19H,18H2,1-2H3,(H,42,43)(H2,38,39,40)/b41-17+. The topological polar surface area (TPSA) is 96.7 Å². The molecular formula is C32H27F5N6OS. The Morgan fingerprint density at radius 3 is 2.27 bits per heavy atom. The molecule has 0 aliphatic carbocycles. The zero-order chi connectivity index (χ0) is 32.4. The van der Waals surface area contributed by atoms with Crippen molar-refractivity contribution in [3.63, 3.8) is 0 Å². The Morgan fingerprint density at radius 2 is 1.62 bits per heavy atom. The number of alkyl halides is 3. The summed E-state index contributed by atoms with van der Waals surface area (Å²) in [7, 11) is 0. The maximum atomic E-state index is 14.2. The van der Waals surface area contributed by atoms with Crippen LogP contribution in [0.4, 0.5) is 33.3 Å². The summed E-state index contributed by atoms with van der Waals surface area (Å²) >= 11 is 1.22. The Morgan fingerprint density at radius 1 is 0.933 bits per heavy atom. The third-order valence-corrected chi connectivity index (χ3v) is 7.00. The fourth-order valence-electron chi connectivity index (χ4n) is 3.83. The molecule has 232 valence electrons. The maximum Gasteiger partial charge on any atom is 0.573 e. The van der Waals surface area contributed by atoms with E-state index >= 15 is 0 Å². The maximum absolute atomic E-state index is 14.2. The Kier molecular flexibility index (Phi) is 11.0. The van der Waals surface area contributed by atoms with Gasteiger partial charge in [0.05, 0.1) is 17.6 Å². The SMILES string of the molecule is Cc1cccc(C)c1N=C(N/N=C/c1ccc(C(N)=NC=Nc2ccc(OC(F)(F)F)cc2)cc1)SCc1ccc(F)cc1F. The van der Waals surface area contributed by atoms with Crippen molar-refractivity contribution in [3.05, 3.63) is 124 Å². The summed E-state index contributed by atoms with van der Waals surface area (Å²) in [6, 6.07) is 21.2. The summed E-state index contributed by atoms with van der Waals surface area (Å²) in [5, 5.41) is 4.71. The first-order valence-corrected chi connectivity index (χ1v) is 14.3. The van der Waals surface area contributed by atoms with E-state index in [-0.39, 0.29) is 17.3 Å². The molecule has 4 aromatic carbocycles. The second kappa shape index (κ2) is 15.1. The molecule has 13 heteroatoms. The minimum atomic E-state index is -4.77. The van der Waals surface area contributed by atoms with Gasteiger partial charge in [-0.3, -0.25) is 5.43 Å². The molecule has 0 atom stereocenters. The highest BCUT2D eigenvalue weighted by Gasteiger charge is 2.30. The number of amidine groups is 2. The van der Waals surface area contributed by atoms with Crippen molar-refractivity contribution >= 4 is 46.7 Å². The highest BCUT2D eigenvalue weighted by Crippen LogP contribution is 2.27. The molecule has 0 amide bonds. The van der Waals surface area contributed by atoms with Crippen molar-refractivity contribution in [1.82, 2.24) is 5.43 Å². The normalized spacial score (nSPS) is 12.7. The molecule has 7 nitrogen and oxygen atoms in total. The summed E-state index contributed by atoms with van der Waals surface area (Å²) in [5.74, 6) is -1.27. The van der Waals surface area contributed by atoms with Crippen molar-refractivity contribution in [1.29, 1.82) is 0 Å². The number of halogens is 5. The van der Waals surface area contributed by atoms with Crippen LogP contribution in [-0.2, 0) is 5.75 Å². The van der Waals surface area contributed by atoms with Gasteiger partial charge in [-0.1, -0.05) is 60.3 Å². The van der Waals surface area contributed by atoms with Crippen LogP contribution in [-0.4, -0.2) is 29.9 Å². The average molecular weight is 639 g/mol. The number of para-hydroxylation sites is 1. The average Bonchev–Trinajstić information content (AvgIpc) is 2.98. The second-order valence-electron chi connectivity index (χ2n) is 9.47. The first-order valence-electron chi connectivity index (χ1n) is 13.3. The van der Waals surface area contributed by atoms with E-state index in [1.165, 1.54) is 42.4 Å². The minimum absolute atomic E-state index is 0.171. The summed E-state index contributed by atoms with van der Waals surface area (Å²) in [4.78, 5) is 12.9. The van der Waals surface area contributed by atoms with Crippen LogP contribution >= 0.6 is 11.8 Å². The number of aryl methyl sites for hydroxylation is 2. The number of nitrogens with zero attached hydrogens (tertiary/aromatic N) is 4. The van der Waals surface area contributed by atoms with E-state index in [1.807, 2.05) is 32.0 Å². The molecule has 0 aromatic heterocycles. The molecule has 0 radical (unpaired) electrons. The number of benzene rings is 4. The first kappa shape index (κ1) is 32.9. The molecule has 0 fully saturated rings. The van der Waals surface area contributed by atoms with E-state index in [1.54, 1.807) is 30.5 Å². The van der Waals surface area contributed by atoms with Gasteiger partial charge in [0.1, 0.15) is 29.6 Å². The molecule has 45 heavy (non-hydrogen) atoms. The van der Waals surface area contributed by atoms with Gasteiger partial charge in [-0.15, -0.1) is 13.2 Å². The van der Waals surface area contributed by atoms with Gasteiger partial charge < -0.3 is 10.5 Å². The lowest BCUT2D eigenvalue weighted by atomic mass is 10.1. The number of hydrogen-bond acceptors (Lipinski definition) is 5. The zero-order valence-corrected chi connectivity index (χ0v) is 24.8. The predicted molar refractivity (Wildman–Crippen MR) is 170 cm³/mol. The van der Waals surface area contributed by atoms with Crippen LogP contribution in [0.25, 0.3) is 0 Å². The molecule has 4 rings (SSSR count). The number of ether oxygens (including phenoxy) is 1. The Labute approximate surface area is 260 Å². The number of aliphatic imine (C=N–C) groups is 3. The summed E-state index contributed by atoms with van der Waals surface area (Å²) in [6.45, 7) is 3.88. The number of nitrogens with one attached hydrogen (secondary N) is 1. The van der Waals surface area contributed by atoms with Gasteiger partial charge in [0.2, 0.25) is 0 Å². The predicted octanol–water partition coefficient (Wildman–Crippen LogP) is 8.09. The molecule has 0 aliphatic heterocycles. The van der Waals surface area contributed by atoms with Crippen LogP contribution in [0.3, 0.4) is 0 Å². The van der Waals surface area contributed by atoms with E-state index < -0.39 is 18.0 Å². The van der Waals surface area contributed by atoms with Gasteiger partial charge in [0.15, 0.2) is 5.17 Å². The van der Waals surface area contributed by atoms with Crippen LogP contribution in [0, 0.1) is 25.5 Å². The largest absolute Gasteiger partial charge is 0.573 e. The number of thioether (sulfide) groups is 1. The van der Waals surface area contributed by atoms with Crippen molar-refractivity contribution in [3.8, 4) is 5.75 Å². The lowest BCUT2D eigenvalue weighted by molar-refractivity contribution is -0.274. The molecule has 0 unspecified atom stereocenters. The molecule has 0 saturated carbocycles. The summed E-state index contributed by atoms with van der Waals surface area (Å²) in [5.41, 5.74) is 13.7. The van der Waals surface area contributed by atoms with Crippen LogP contribution < -0.4 is 15.9 Å². The van der Waals surface area contributed by atoms with Crippen molar-refractivity contribution in [2.24, 2.45) is 25.8 Å². The van der Waals surface area contributed by atoms with E-state index in [9.17, 15) is 22.0 Å². The highest BCUT2D eigenvalue weighted by atomic mass is 32.2. The molecule has 0 spiro atoms. The van der Waals surface area contributed by atoms with Gasteiger partial charge in [0.25, 0.3) is 0 Å². The number of rotatable bonds is 9. The van der Waals surface area contributed by atoms with Crippen LogP contribution in [0.15, 0.2) is 105 Å². The molecule has 0 bridgehead atoms. The molecular weight excluding hydrogens is 611 g/mol. The molecule has 0 aliphatic rings. The van der Waals surface area contributed by atoms with Crippen molar-refractivity contribution in [2.75, 3.05) is 0 Å². The third-order valence-electron chi connectivity index (χ3n) is 6.09. The zero-order valence-electron chi connectivity index (χ0n) is 24.0. The Hall–Kier alpha value is -5.04. The lowest BCUT2D eigenvalue weighted by Crippen LogP contribution is -2.16. The smallest absolute Gasteiger partial charge is 0.406 e. The summed E-state index contributed by atoms with van der Waals surface area (Å²) in [6.07, 6.45) is -2.00. The molecule has 3 N–H and O–H groups in total. The van der Waals surface area contributed by atoms with E-state index in [0.717, 1.165) is 40.6 Å². The highest BCUT2D eigenvalue weighted by molar-refractivity contribution is 8.13. The van der Waals surface area contributed by atoms with Crippen molar-refractivity contribution in [2.45, 2.75) is 26.0 Å². The van der Waals surface area contributed by atoms with Gasteiger partial charge in [-0.2, -0.15) is 5.10 Å². The Bertz CT molecular complexity index is 1720. The fraction of sp³-hybridized carbons (Fsp3) is 0.125. The number of hydrazone groups is 1. The van der Waals surface area contributed by atoms with Crippen LogP contribution in [0.2, 0.25) is 0 Å². The fourth-order valence-corrected chi connectivity index (χ4v) is 4.63. The van der Waals surface area contributed by atoms with Gasteiger partial charge >= 0.3 is 6.36 Å². The number of nitrogens with two attached hydrogens (primary N) is 1. The second-order valence-corrected chi connectivity index (χ2v) is 10.4. The lowest BCUT2D eigenvalue weighted by Gasteiger charge is -2.10. The minimum Gasteiger partial charge on any atom is -0.406 e. The van der Waals surface area contributed by atoms with Crippen molar-refractivity contribution < 1.29 is 26.7 Å². The molecule has 0 heterocycles. The quantitative estimate of drug-likeness (QED) is 0.0838. The molecule has 4 aromatic rings. The molecule has 0 saturated heterocycles. The van der Waals surface area contributed by atoms with Gasteiger partial charge in [-0.05, 0) is 66.4 Å². The van der Waals surface area contributed by atoms with Crippen LogP contribution in [0.5, 0.6) is 5.75 Å². The first-order chi connectivity index (χ1) is 21.5. The van der Waals surface area contributed by atoms with Gasteiger partial charge in [0, 0.05) is 17.4 Å². The van der Waals surface area contributed by atoms with Crippen LogP contribution in [0.1, 0.15) is 27.8 Å². The summed E-state index contributed by atoms with van der Waals surface area (Å²) < 4.78 is 68.3. The van der Waals surface area contributed by atoms with E-state index in [2.05, 4.69) is 25.2 Å².